The third-order valence-electron chi connectivity index (χ3n) is 1.86. The van der Waals surface area contributed by atoms with Crippen molar-refractivity contribution < 1.29 is 9.53 Å². The topological polar surface area (TPSA) is 52.1 Å². The van der Waals surface area contributed by atoms with E-state index < -0.39 is 5.97 Å². The number of aromatic nitrogens is 2. The molecular weight excluding hydrogens is 292 g/mol. The van der Waals surface area contributed by atoms with E-state index in [1.54, 1.807) is 11.6 Å². The predicted octanol–water partition coefficient (Wildman–Crippen LogP) is 2.75. The zero-order chi connectivity index (χ0) is 11.5. The Balaban J connectivity index is 2.39. The molecule has 0 radical (unpaired) electrons. The number of hydrogen-bond acceptors (Lipinski definition) is 5. The smallest absolute Gasteiger partial charge is 0.357 e. The highest BCUT2D eigenvalue weighted by Gasteiger charge is 2.13. The molecule has 0 aromatic carbocycles. The average Bonchev–Trinajstić information content (AvgIpc) is 2.78. The maximum absolute atomic E-state index is 11.2. The molecule has 2 heterocycles. The molecule has 2 rings (SSSR count). The van der Waals surface area contributed by atoms with E-state index in [0.29, 0.717) is 10.7 Å². The molecule has 82 valence electrons. The van der Waals surface area contributed by atoms with Crippen LogP contribution in [0.2, 0.25) is 0 Å². The minimum Gasteiger partial charge on any atom is -0.464 e. The van der Waals surface area contributed by atoms with Crippen LogP contribution >= 0.6 is 27.3 Å². The van der Waals surface area contributed by atoms with Gasteiger partial charge < -0.3 is 4.74 Å². The van der Waals surface area contributed by atoms with Crippen LogP contribution in [0.25, 0.3) is 10.7 Å². The molecule has 0 bridgehead atoms. The maximum atomic E-state index is 11.2. The lowest BCUT2D eigenvalue weighted by molar-refractivity contribution is 0.0595. The summed E-state index contributed by atoms with van der Waals surface area (Å²) in [5.41, 5.74) is 1.03. The van der Waals surface area contributed by atoms with Gasteiger partial charge in [0, 0.05) is 16.0 Å². The number of rotatable bonds is 2. The van der Waals surface area contributed by atoms with Gasteiger partial charge in [-0.05, 0) is 28.1 Å². The SMILES string of the molecule is COC(=O)c1csc(-c2ncccc2Br)n1. The molecule has 4 nitrogen and oxygen atoms in total. The molecule has 0 atom stereocenters. The molecule has 0 saturated heterocycles. The zero-order valence-corrected chi connectivity index (χ0v) is 10.7. The number of esters is 1. The van der Waals surface area contributed by atoms with Crippen LogP contribution in [0.3, 0.4) is 0 Å². The van der Waals surface area contributed by atoms with E-state index in [9.17, 15) is 4.79 Å². The summed E-state index contributed by atoms with van der Waals surface area (Å²) in [6, 6.07) is 3.70. The second-order valence-corrected chi connectivity index (χ2v) is 4.58. The van der Waals surface area contributed by atoms with E-state index in [1.165, 1.54) is 18.4 Å². The van der Waals surface area contributed by atoms with Crippen LogP contribution in [0, 0.1) is 0 Å². The molecule has 0 amide bonds. The van der Waals surface area contributed by atoms with Gasteiger partial charge in [-0.1, -0.05) is 0 Å². The molecule has 6 heteroatoms. The van der Waals surface area contributed by atoms with Gasteiger partial charge in [0.2, 0.25) is 0 Å². The first-order valence-corrected chi connectivity index (χ1v) is 6.04. The first-order valence-electron chi connectivity index (χ1n) is 4.37. The Morgan fingerprint density at radius 3 is 3.06 bits per heavy atom. The van der Waals surface area contributed by atoms with Gasteiger partial charge in [0.05, 0.1) is 7.11 Å². The lowest BCUT2D eigenvalue weighted by atomic mass is 10.3. The number of methoxy groups -OCH3 is 1. The van der Waals surface area contributed by atoms with Crippen LogP contribution in [-0.4, -0.2) is 23.0 Å². The second-order valence-electron chi connectivity index (χ2n) is 2.86. The summed E-state index contributed by atoms with van der Waals surface area (Å²) in [6.45, 7) is 0. The molecular formula is C10H7BrN2O2S. The van der Waals surface area contributed by atoms with Gasteiger partial charge in [0.15, 0.2) is 5.69 Å². The van der Waals surface area contributed by atoms with Crippen molar-refractivity contribution >= 4 is 33.2 Å². The van der Waals surface area contributed by atoms with Crippen LogP contribution < -0.4 is 0 Å². The number of nitrogens with zero attached hydrogens (tertiary/aromatic N) is 2. The molecule has 0 saturated carbocycles. The van der Waals surface area contributed by atoms with Gasteiger partial charge in [0.25, 0.3) is 0 Å². The van der Waals surface area contributed by atoms with Crippen molar-refractivity contribution in [2.45, 2.75) is 0 Å². The Labute approximate surface area is 104 Å². The summed E-state index contributed by atoms with van der Waals surface area (Å²) < 4.78 is 5.44. The minimum absolute atomic E-state index is 0.306. The highest BCUT2D eigenvalue weighted by atomic mass is 79.9. The van der Waals surface area contributed by atoms with Gasteiger partial charge >= 0.3 is 5.97 Å². The first-order chi connectivity index (χ1) is 7.72. The van der Waals surface area contributed by atoms with Crippen LogP contribution in [-0.2, 0) is 4.74 Å². The Bertz CT molecular complexity index is 527. The Morgan fingerprint density at radius 1 is 1.56 bits per heavy atom. The van der Waals surface area contributed by atoms with Crippen molar-refractivity contribution in [1.29, 1.82) is 0 Å². The number of hydrogen-bond donors (Lipinski definition) is 0. The van der Waals surface area contributed by atoms with Crippen molar-refractivity contribution in [3.05, 3.63) is 33.9 Å². The van der Waals surface area contributed by atoms with Gasteiger partial charge in [0.1, 0.15) is 10.7 Å². The quantitative estimate of drug-likeness (QED) is 0.800. The molecule has 0 N–H and O–H groups in total. The molecule has 0 fully saturated rings. The molecule has 0 aliphatic carbocycles. The third-order valence-corrected chi connectivity index (χ3v) is 3.35. The lowest BCUT2D eigenvalue weighted by Crippen LogP contribution is -2.01. The summed E-state index contributed by atoms with van der Waals surface area (Å²) in [7, 11) is 1.33. The van der Waals surface area contributed by atoms with Gasteiger partial charge in [-0.25, -0.2) is 9.78 Å². The van der Waals surface area contributed by atoms with Crippen LogP contribution in [0.5, 0.6) is 0 Å². The highest BCUT2D eigenvalue weighted by Crippen LogP contribution is 2.28. The number of pyridine rings is 1. The highest BCUT2D eigenvalue weighted by molar-refractivity contribution is 9.10. The van der Waals surface area contributed by atoms with Crippen LogP contribution in [0.1, 0.15) is 10.5 Å². The average molecular weight is 299 g/mol. The molecule has 16 heavy (non-hydrogen) atoms. The van der Waals surface area contributed by atoms with Crippen LogP contribution in [0.15, 0.2) is 28.2 Å². The molecule has 0 unspecified atom stereocenters. The van der Waals surface area contributed by atoms with Crippen molar-refractivity contribution in [1.82, 2.24) is 9.97 Å². The second kappa shape index (κ2) is 4.71. The summed E-state index contributed by atoms with van der Waals surface area (Å²) in [5.74, 6) is -0.436. The first kappa shape index (κ1) is 11.2. The van der Waals surface area contributed by atoms with E-state index in [4.69, 9.17) is 0 Å². The van der Waals surface area contributed by atoms with Crippen molar-refractivity contribution in [2.24, 2.45) is 0 Å². The summed E-state index contributed by atoms with van der Waals surface area (Å²) in [5, 5.41) is 2.34. The molecule has 0 spiro atoms. The monoisotopic (exact) mass is 298 g/mol. The number of ether oxygens (including phenoxy) is 1. The van der Waals surface area contributed by atoms with Gasteiger partial charge in [-0.15, -0.1) is 11.3 Å². The fraction of sp³-hybridized carbons (Fsp3) is 0.100. The van der Waals surface area contributed by atoms with Crippen LogP contribution in [0.4, 0.5) is 0 Å². The number of carbonyl (C=O) groups is 1. The summed E-state index contributed by atoms with van der Waals surface area (Å²) in [6.07, 6.45) is 1.68. The van der Waals surface area contributed by atoms with E-state index in [-0.39, 0.29) is 0 Å². The third kappa shape index (κ3) is 2.12. The predicted molar refractivity (Wildman–Crippen MR) is 64.4 cm³/mol. The van der Waals surface area contributed by atoms with E-state index in [0.717, 1.165) is 10.2 Å². The fourth-order valence-corrected chi connectivity index (χ4v) is 2.50. The molecule has 2 aromatic heterocycles. The molecule has 0 aliphatic heterocycles. The van der Waals surface area contributed by atoms with Crippen molar-refractivity contribution in [3.8, 4) is 10.7 Å². The summed E-state index contributed by atoms with van der Waals surface area (Å²) >= 11 is 4.74. The van der Waals surface area contributed by atoms with Crippen molar-refractivity contribution in [3.63, 3.8) is 0 Å². The number of thiazole rings is 1. The number of halogens is 1. The minimum atomic E-state index is -0.436. The maximum Gasteiger partial charge on any atom is 0.357 e. The summed E-state index contributed by atoms with van der Waals surface area (Å²) in [4.78, 5) is 19.6. The standard InChI is InChI=1S/C10H7BrN2O2S/c1-15-10(14)7-5-16-9(13-7)8-6(11)3-2-4-12-8/h2-5H,1H3. The van der Waals surface area contributed by atoms with Gasteiger partial charge in [-0.3, -0.25) is 4.98 Å². The normalized spacial score (nSPS) is 10.1. The van der Waals surface area contributed by atoms with E-state index in [1.807, 2.05) is 12.1 Å². The van der Waals surface area contributed by atoms with Crippen molar-refractivity contribution in [2.75, 3.05) is 7.11 Å². The largest absolute Gasteiger partial charge is 0.464 e. The molecule has 2 aromatic rings. The fourth-order valence-electron chi connectivity index (χ4n) is 1.12. The lowest BCUT2D eigenvalue weighted by Gasteiger charge is -1.97. The van der Waals surface area contributed by atoms with Gasteiger partial charge in [-0.2, -0.15) is 0 Å². The Morgan fingerprint density at radius 2 is 2.38 bits per heavy atom. The number of carbonyl (C=O) groups excluding carboxylic acids is 1. The van der Waals surface area contributed by atoms with E-state index >= 15 is 0 Å². The zero-order valence-electron chi connectivity index (χ0n) is 8.31. The Kier molecular flexibility index (Phi) is 3.31. The Hall–Kier alpha value is -1.27. The molecule has 0 aliphatic rings. The van der Waals surface area contributed by atoms with E-state index in [2.05, 4.69) is 30.6 Å².